The van der Waals surface area contributed by atoms with Crippen LogP contribution in [-0.4, -0.2) is 22.2 Å². The van der Waals surface area contributed by atoms with E-state index in [0.29, 0.717) is 5.56 Å². The first kappa shape index (κ1) is 15.9. The molecule has 0 fully saturated rings. The van der Waals surface area contributed by atoms with Crippen LogP contribution in [0.3, 0.4) is 0 Å². The van der Waals surface area contributed by atoms with Crippen LogP contribution in [0.2, 0.25) is 0 Å². The number of para-hydroxylation sites is 1. The zero-order chi connectivity index (χ0) is 17.9. The number of nitrogens with one attached hydrogen (secondary N) is 2. The number of nitrogens with zero attached hydrogens (tertiary/aromatic N) is 1. The molecule has 0 aliphatic heterocycles. The van der Waals surface area contributed by atoms with Gasteiger partial charge in [0.2, 0.25) is 5.91 Å². The fraction of sp³-hybridized carbons (Fsp3) is 0.0476. The maximum atomic E-state index is 12.2. The number of carbonyl (C=O) groups is 1. The van der Waals surface area contributed by atoms with Crippen molar-refractivity contribution in [1.82, 2.24) is 10.4 Å². The number of benzene rings is 3. The van der Waals surface area contributed by atoms with Crippen LogP contribution < -0.4 is 5.43 Å². The number of H-pyrrole nitrogens is 1. The van der Waals surface area contributed by atoms with Crippen LogP contribution in [0.25, 0.3) is 21.7 Å². The highest BCUT2D eigenvalue weighted by Gasteiger charge is 2.08. The van der Waals surface area contributed by atoms with Crippen LogP contribution in [-0.2, 0) is 11.2 Å². The SMILES string of the molecule is O=C(Cc1c[nH]c2ccccc12)N/N=C/c1c(O)ccc2ccccc12. The van der Waals surface area contributed by atoms with Gasteiger partial charge in [0.25, 0.3) is 0 Å². The molecule has 0 saturated heterocycles. The number of phenolic OH excluding ortho intramolecular Hbond substituents is 1. The topological polar surface area (TPSA) is 77.5 Å². The number of aromatic nitrogens is 1. The minimum atomic E-state index is -0.217. The number of carbonyl (C=O) groups excluding carboxylic acids is 1. The molecule has 3 aromatic carbocycles. The molecule has 0 saturated carbocycles. The first-order valence-electron chi connectivity index (χ1n) is 8.30. The Kier molecular flexibility index (Phi) is 4.11. The number of aromatic hydroxyl groups is 1. The molecule has 0 atom stereocenters. The number of fused-ring (bicyclic) bond motifs is 2. The van der Waals surface area contributed by atoms with Crippen molar-refractivity contribution in [2.75, 3.05) is 0 Å². The van der Waals surface area contributed by atoms with E-state index >= 15 is 0 Å². The predicted octanol–water partition coefficient (Wildman–Crippen LogP) is 3.72. The Balaban J connectivity index is 1.50. The Hall–Kier alpha value is -3.60. The van der Waals surface area contributed by atoms with Gasteiger partial charge in [0.15, 0.2) is 0 Å². The van der Waals surface area contributed by atoms with E-state index in [4.69, 9.17) is 0 Å². The third kappa shape index (κ3) is 3.02. The van der Waals surface area contributed by atoms with Gasteiger partial charge in [-0.05, 0) is 28.5 Å². The summed E-state index contributed by atoms with van der Waals surface area (Å²) >= 11 is 0. The molecule has 5 heteroatoms. The lowest BCUT2D eigenvalue weighted by Crippen LogP contribution is -2.19. The molecule has 1 amide bonds. The average molecular weight is 343 g/mol. The molecule has 0 spiro atoms. The molecular weight excluding hydrogens is 326 g/mol. The van der Waals surface area contributed by atoms with Crippen molar-refractivity contribution >= 4 is 33.8 Å². The van der Waals surface area contributed by atoms with Crippen LogP contribution >= 0.6 is 0 Å². The van der Waals surface area contributed by atoms with Crippen molar-refractivity contribution in [3.63, 3.8) is 0 Å². The number of hydrogen-bond acceptors (Lipinski definition) is 3. The van der Waals surface area contributed by atoms with Crippen molar-refractivity contribution in [1.29, 1.82) is 0 Å². The van der Waals surface area contributed by atoms with Crippen molar-refractivity contribution in [3.05, 3.63) is 78.0 Å². The van der Waals surface area contributed by atoms with Gasteiger partial charge in [-0.15, -0.1) is 0 Å². The van der Waals surface area contributed by atoms with Crippen molar-refractivity contribution in [2.24, 2.45) is 5.10 Å². The second-order valence-corrected chi connectivity index (χ2v) is 6.05. The summed E-state index contributed by atoms with van der Waals surface area (Å²) in [5.41, 5.74) is 5.03. The van der Waals surface area contributed by atoms with E-state index in [1.54, 1.807) is 6.07 Å². The smallest absolute Gasteiger partial charge is 0.244 e. The highest BCUT2D eigenvalue weighted by molar-refractivity contribution is 6.02. The summed E-state index contributed by atoms with van der Waals surface area (Å²) in [6.45, 7) is 0. The molecule has 5 nitrogen and oxygen atoms in total. The largest absolute Gasteiger partial charge is 0.507 e. The third-order valence-electron chi connectivity index (χ3n) is 4.36. The van der Waals surface area contributed by atoms with Gasteiger partial charge < -0.3 is 10.1 Å². The Labute approximate surface area is 150 Å². The molecule has 0 aliphatic carbocycles. The van der Waals surface area contributed by atoms with Crippen LogP contribution in [0.5, 0.6) is 5.75 Å². The summed E-state index contributed by atoms with van der Waals surface area (Å²) < 4.78 is 0. The van der Waals surface area contributed by atoms with Gasteiger partial charge in [-0.3, -0.25) is 4.79 Å². The molecule has 128 valence electrons. The van der Waals surface area contributed by atoms with Gasteiger partial charge in [-0.1, -0.05) is 48.5 Å². The van der Waals surface area contributed by atoms with E-state index < -0.39 is 0 Å². The van der Waals surface area contributed by atoms with E-state index in [9.17, 15) is 9.90 Å². The van der Waals surface area contributed by atoms with E-state index in [1.165, 1.54) is 6.21 Å². The van der Waals surface area contributed by atoms with Gasteiger partial charge in [-0.25, -0.2) is 5.43 Å². The third-order valence-corrected chi connectivity index (χ3v) is 4.36. The average Bonchev–Trinajstić information content (AvgIpc) is 3.06. The monoisotopic (exact) mass is 343 g/mol. The van der Waals surface area contributed by atoms with Crippen LogP contribution in [0.1, 0.15) is 11.1 Å². The fourth-order valence-electron chi connectivity index (χ4n) is 3.08. The molecule has 0 bridgehead atoms. The lowest BCUT2D eigenvalue weighted by atomic mass is 10.0. The van der Waals surface area contributed by atoms with Gasteiger partial charge in [0.1, 0.15) is 5.75 Å². The Morgan fingerprint density at radius 3 is 2.69 bits per heavy atom. The maximum absolute atomic E-state index is 12.2. The summed E-state index contributed by atoms with van der Waals surface area (Å²) in [5, 5.41) is 17.0. The molecule has 0 radical (unpaired) electrons. The van der Waals surface area contributed by atoms with E-state index in [-0.39, 0.29) is 18.1 Å². The molecule has 26 heavy (non-hydrogen) atoms. The number of hydrazone groups is 1. The molecule has 3 N–H and O–H groups in total. The lowest BCUT2D eigenvalue weighted by molar-refractivity contribution is -0.120. The van der Waals surface area contributed by atoms with E-state index in [1.807, 2.05) is 60.8 Å². The zero-order valence-corrected chi connectivity index (χ0v) is 13.9. The van der Waals surface area contributed by atoms with Crippen molar-refractivity contribution in [3.8, 4) is 5.75 Å². The molecule has 0 unspecified atom stereocenters. The van der Waals surface area contributed by atoms with Crippen molar-refractivity contribution in [2.45, 2.75) is 6.42 Å². The number of phenols is 1. The fourth-order valence-corrected chi connectivity index (χ4v) is 3.08. The maximum Gasteiger partial charge on any atom is 0.244 e. The zero-order valence-electron chi connectivity index (χ0n) is 13.9. The minimum absolute atomic E-state index is 0.123. The van der Waals surface area contributed by atoms with Crippen molar-refractivity contribution < 1.29 is 9.90 Å². The molecular formula is C21H17N3O2. The Morgan fingerprint density at radius 2 is 1.81 bits per heavy atom. The molecule has 4 aromatic rings. The van der Waals surface area contributed by atoms with Gasteiger partial charge >= 0.3 is 0 Å². The normalized spacial score (nSPS) is 11.4. The summed E-state index contributed by atoms with van der Waals surface area (Å²) in [5.74, 6) is -0.0935. The van der Waals surface area contributed by atoms with Crippen LogP contribution in [0.15, 0.2) is 72.0 Å². The van der Waals surface area contributed by atoms with Gasteiger partial charge in [0.05, 0.1) is 12.6 Å². The second-order valence-electron chi connectivity index (χ2n) is 6.05. The van der Waals surface area contributed by atoms with Crippen LogP contribution in [0.4, 0.5) is 0 Å². The first-order chi connectivity index (χ1) is 12.7. The summed E-state index contributed by atoms with van der Waals surface area (Å²) in [4.78, 5) is 15.3. The standard InChI is InChI=1S/C21H17N3O2/c25-20-10-9-14-5-1-2-6-16(14)18(20)13-23-24-21(26)11-15-12-22-19-8-4-3-7-17(15)19/h1-10,12-13,22,25H,11H2,(H,24,26)/b23-13+. The highest BCUT2D eigenvalue weighted by atomic mass is 16.3. The van der Waals surface area contributed by atoms with Gasteiger partial charge in [0, 0.05) is 22.7 Å². The molecule has 4 rings (SSSR count). The first-order valence-corrected chi connectivity index (χ1v) is 8.30. The quantitative estimate of drug-likeness (QED) is 0.390. The molecule has 1 aromatic heterocycles. The minimum Gasteiger partial charge on any atom is -0.507 e. The summed E-state index contributed by atoms with van der Waals surface area (Å²) in [7, 11) is 0. The summed E-state index contributed by atoms with van der Waals surface area (Å²) in [6.07, 6.45) is 3.54. The molecule has 1 heterocycles. The summed E-state index contributed by atoms with van der Waals surface area (Å²) in [6, 6.07) is 19.0. The highest BCUT2D eigenvalue weighted by Crippen LogP contribution is 2.25. The second kappa shape index (κ2) is 6.72. The lowest BCUT2D eigenvalue weighted by Gasteiger charge is -2.05. The molecule has 0 aliphatic rings. The number of aromatic amines is 1. The van der Waals surface area contributed by atoms with Gasteiger partial charge in [-0.2, -0.15) is 5.10 Å². The van der Waals surface area contributed by atoms with E-state index in [0.717, 1.165) is 27.2 Å². The Morgan fingerprint density at radius 1 is 1.04 bits per heavy atom. The van der Waals surface area contributed by atoms with E-state index in [2.05, 4.69) is 15.5 Å². The number of hydrogen-bond donors (Lipinski definition) is 3. The predicted molar refractivity (Wildman–Crippen MR) is 103 cm³/mol. The number of rotatable bonds is 4. The number of amides is 1. The Bertz CT molecular complexity index is 1130. The van der Waals surface area contributed by atoms with Crippen LogP contribution in [0, 0.1) is 0 Å².